The Labute approximate surface area is 234 Å². The number of fused-ring (bicyclic) bond motifs is 2. The molecule has 3 aromatic heterocycles. The van der Waals surface area contributed by atoms with Gasteiger partial charge in [0.15, 0.2) is 10.8 Å². The third-order valence-electron chi connectivity index (χ3n) is 5.59. The Morgan fingerprint density at radius 3 is 2.73 bits per heavy atom. The maximum Gasteiger partial charge on any atom is 0.375 e. The first kappa shape index (κ1) is 27.1. The molecule has 5 heterocycles. The van der Waals surface area contributed by atoms with Crippen molar-refractivity contribution in [1.29, 1.82) is 0 Å². The lowest BCUT2D eigenvalue weighted by Gasteiger charge is -2.49. The molecule has 0 spiro atoms. The van der Waals surface area contributed by atoms with Gasteiger partial charge in [0.1, 0.15) is 34.9 Å². The largest absolute Gasteiger partial charge is 0.477 e. The molecule has 40 heavy (non-hydrogen) atoms. The van der Waals surface area contributed by atoms with Gasteiger partial charge in [0.05, 0.1) is 0 Å². The molecule has 0 radical (unpaired) electrons. The van der Waals surface area contributed by atoms with Crippen LogP contribution >= 0.6 is 34.9 Å². The number of nitrogens with two attached hydrogens (primary N) is 1. The number of H-pyrrole nitrogens is 1. The lowest BCUT2D eigenvalue weighted by atomic mass is 10.0. The van der Waals surface area contributed by atoms with Gasteiger partial charge in [-0.05, 0) is 5.57 Å². The molecule has 2 aliphatic heterocycles. The second kappa shape index (κ2) is 10.6. The monoisotopic (exact) mass is 607 g/mol. The molecule has 2 atom stereocenters. The first-order valence-electron chi connectivity index (χ1n) is 11.0. The Hall–Kier alpha value is -4.43. The fourth-order valence-electron chi connectivity index (χ4n) is 3.92. The molecule has 0 unspecified atom stereocenters. The van der Waals surface area contributed by atoms with Gasteiger partial charge >= 0.3 is 11.9 Å². The van der Waals surface area contributed by atoms with Gasteiger partial charge in [-0.3, -0.25) is 24.3 Å². The number of thioether (sulfide) groups is 2. The smallest absolute Gasteiger partial charge is 0.375 e. The highest BCUT2D eigenvalue weighted by atomic mass is 32.2. The van der Waals surface area contributed by atoms with Gasteiger partial charge in [-0.2, -0.15) is 9.50 Å². The summed E-state index contributed by atoms with van der Waals surface area (Å²) in [6, 6.07) is 0.142. The van der Waals surface area contributed by atoms with Crippen molar-refractivity contribution in [3.8, 4) is 0 Å². The van der Waals surface area contributed by atoms with E-state index in [-0.39, 0.29) is 44.5 Å². The van der Waals surface area contributed by atoms with Crippen LogP contribution in [0.15, 0.2) is 37.7 Å². The van der Waals surface area contributed by atoms with Gasteiger partial charge in [0, 0.05) is 23.0 Å². The van der Waals surface area contributed by atoms with E-state index < -0.39 is 46.6 Å². The number of oxime groups is 1. The summed E-state index contributed by atoms with van der Waals surface area (Å²) in [6.45, 7) is 0. The zero-order chi connectivity index (χ0) is 28.7. The molecule has 208 valence electrons. The second-order valence-corrected chi connectivity index (χ2v) is 11.0. The van der Waals surface area contributed by atoms with Gasteiger partial charge in [-0.25, -0.2) is 14.6 Å². The molecule has 0 aromatic carbocycles. The number of anilines is 1. The average Bonchev–Trinajstić information content (AvgIpc) is 3.54. The summed E-state index contributed by atoms with van der Waals surface area (Å²) in [6.07, 6.45) is 0. The number of carbonyl (C=O) groups is 4. The van der Waals surface area contributed by atoms with E-state index >= 15 is 0 Å². The third kappa shape index (κ3) is 4.86. The number of carboxylic acids is 2. The number of carboxylic acid groups (broad SMARTS) is 2. The van der Waals surface area contributed by atoms with Crippen LogP contribution in [-0.4, -0.2) is 99.2 Å². The van der Waals surface area contributed by atoms with E-state index in [1.165, 1.54) is 30.3 Å². The predicted molar refractivity (Wildman–Crippen MR) is 141 cm³/mol. The van der Waals surface area contributed by atoms with Crippen molar-refractivity contribution < 1.29 is 34.2 Å². The number of aliphatic carboxylic acids is 1. The van der Waals surface area contributed by atoms with E-state index in [0.717, 1.165) is 32.5 Å². The van der Waals surface area contributed by atoms with Crippen LogP contribution in [0.2, 0.25) is 0 Å². The van der Waals surface area contributed by atoms with Gasteiger partial charge in [0.2, 0.25) is 5.78 Å². The number of nitrogens with one attached hydrogen (secondary N) is 2. The maximum atomic E-state index is 13.0. The number of aromatic nitrogens is 5. The lowest BCUT2D eigenvalue weighted by Crippen LogP contribution is -2.71. The summed E-state index contributed by atoms with van der Waals surface area (Å²) < 4.78 is 1.13. The highest BCUT2D eigenvalue weighted by Gasteiger charge is 2.54. The Morgan fingerprint density at radius 2 is 2.08 bits per heavy atom. The number of carbonyl (C=O) groups excluding carboxylic acids is 2. The molecule has 1 saturated heterocycles. The fourth-order valence-corrected chi connectivity index (χ4v) is 6.94. The van der Waals surface area contributed by atoms with Crippen LogP contribution in [0.25, 0.3) is 5.78 Å². The fraction of sp³-hybridized carbons (Fsp3) is 0.250. The van der Waals surface area contributed by atoms with Crippen molar-refractivity contribution >= 4 is 75.2 Å². The Kier molecular flexibility index (Phi) is 7.21. The molecule has 0 aliphatic carbocycles. The molecule has 5 rings (SSSR count). The van der Waals surface area contributed by atoms with Gasteiger partial charge in [-0.15, -0.1) is 40.0 Å². The summed E-state index contributed by atoms with van der Waals surface area (Å²) in [5.74, 6) is -4.50. The van der Waals surface area contributed by atoms with E-state index in [1.807, 2.05) is 0 Å². The standard InChI is InChI=1S/C20H17N9O8S3/c1-37-27-10(7-5-40-19(21)22-7)14(31)24-11-15(32)28-12(17(33)34)6(4-39-16(11)28)3-38-9-2-8(30)23-20-25-13(18(35)36)26-29(9)20/h2,5,11,16H,3-4H2,1H3,(H2,21,22)(H,24,31)(H,33,34)(H,35,36)(H,23,25,26,30)/b27-10-/t11-,16-/m1/s1. The molecular formula is C20H17N9O8S3. The summed E-state index contributed by atoms with van der Waals surface area (Å²) in [4.78, 5) is 77.4. The van der Waals surface area contributed by atoms with Crippen molar-refractivity contribution in [2.75, 3.05) is 24.3 Å². The maximum absolute atomic E-state index is 13.0. The molecule has 6 N–H and O–H groups in total. The van der Waals surface area contributed by atoms with E-state index in [9.17, 15) is 29.1 Å². The summed E-state index contributed by atoms with van der Waals surface area (Å²) in [5, 5.41) is 30.4. The summed E-state index contributed by atoms with van der Waals surface area (Å²) >= 11 is 3.35. The number of amides is 2. The molecular weight excluding hydrogens is 590 g/mol. The van der Waals surface area contributed by atoms with Crippen LogP contribution in [-0.2, 0) is 19.2 Å². The van der Waals surface area contributed by atoms with Crippen LogP contribution in [0, 0.1) is 0 Å². The SMILES string of the molecule is CO/N=C(\C(=O)N[C@@H]1C(=O)N2C(C(=O)O)=C(CSc3cc(=O)[nH]c4nc(C(=O)O)nn34)CS[C@H]12)c1csc(N)n1. The Balaban J connectivity index is 1.35. The number of nitrogen functional groups attached to an aromatic ring is 1. The van der Waals surface area contributed by atoms with Gasteiger partial charge in [0.25, 0.3) is 23.2 Å². The number of rotatable bonds is 9. The van der Waals surface area contributed by atoms with Crippen molar-refractivity contribution in [3.63, 3.8) is 0 Å². The van der Waals surface area contributed by atoms with E-state index in [0.29, 0.717) is 5.57 Å². The number of aromatic amines is 1. The van der Waals surface area contributed by atoms with Crippen LogP contribution in [0.1, 0.15) is 16.3 Å². The molecule has 2 aliphatic rings. The number of thiazole rings is 1. The summed E-state index contributed by atoms with van der Waals surface area (Å²) in [7, 11) is 1.24. The van der Waals surface area contributed by atoms with Gasteiger partial charge in [-0.1, -0.05) is 5.16 Å². The molecule has 3 aromatic rings. The minimum atomic E-state index is -1.39. The van der Waals surface area contributed by atoms with Crippen LogP contribution < -0.4 is 16.6 Å². The predicted octanol–water partition coefficient (Wildman–Crippen LogP) is -0.964. The first-order chi connectivity index (χ1) is 19.1. The van der Waals surface area contributed by atoms with Gasteiger partial charge < -0.3 is 26.1 Å². The molecule has 1 fully saturated rings. The number of β-lactam (4-membered cyclic amide) rings is 1. The quantitative estimate of drug-likeness (QED) is 0.0646. The van der Waals surface area contributed by atoms with E-state index in [2.05, 4.69) is 30.5 Å². The number of hydrogen-bond acceptors (Lipinski definition) is 14. The van der Waals surface area contributed by atoms with E-state index in [1.54, 1.807) is 0 Å². The van der Waals surface area contributed by atoms with Crippen LogP contribution in [0.3, 0.4) is 0 Å². The topological polar surface area (TPSA) is 248 Å². The Morgan fingerprint density at radius 1 is 1.30 bits per heavy atom. The highest BCUT2D eigenvalue weighted by Crippen LogP contribution is 2.41. The zero-order valence-corrected chi connectivity index (χ0v) is 22.5. The first-order valence-corrected chi connectivity index (χ1v) is 13.9. The average molecular weight is 608 g/mol. The molecule has 0 bridgehead atoms. The van der Waals surface area contributed by atoms with Crippen LogP contribution in [0.5, 0.6) is 0 Å². The van der Waals surface area contributed by atoms with Crippen molar-refractivity contribution in [2.45, 2.75) is 16.4 Å². The third-order valence-corrected chi connectivity index (χ3v) is 8.68. The molecule has 17 nitrogen and oxygen atoms in total. The molecule has 20 heteroatoms. The van der Waals surface area contributed by atoms with Crippen molar-refractivity contribution in [2.24, 2.45) is 5.16 Å². The molecule has 2 amide bonds. The zero-order valence-electron chi connectivity index (χ0n) is 20.1. The van der Waals surface area contributed by atoms with Crippen LogP contribution in [0.4, 0.5) is 5.13 Å². The minimum absolute atomic E-state index is 0.0405. The highest BCUT2D eigenvalue weighted by molar-refractivity contribution is 8.01. The van der Waals surface area contributed by atoms with E-state index in [4.69, 9.17) is 15.7 Å². The molecule has 0 saturated carbocycles. The number of nitrogens with zero attached hydrogens (tertiary/aromatic N) is 6. The number of hydrogen-bond donors (Lipinski definition) is 5. The normalized spacial score (nSPS) is 18.9. The summed E-state index contributed by atoms with van der Waals surface area (Å²) in [5.41, 5.74) is 5.17. The van der Waals surface area contributed by atoms with Crippen molar-refractivity contribution in [1.82, 2.24) is 34.8 Å². The Bertz CT molecular complexity index is 1690. The second-order valence-electron chi connectivity index (χ2n) is 8.05. The minimum Gasteiger partial charge on any atom is -0.477 e. The number of aromatic carboxylic acids is 1. The lowest BCUT2D eigenvalue weighted by molar-refractivity contribution is -0.150. The van der Waals surface area contributed by atoms with Crippen molar-refractivity contribution in [3.05, 3.63) is 44.6 Å².